The first-order valence-electron chi connectivity index (χ1n) is 9.11. The first-order chi connectivity index (χ1) is 13.1. The van der Waals surface area contributed by atoms with Crippen molar-refractivity contribution < 1.29 is 4.79 Å². The highest BCUT2D eigenvalue weighted by molar-refractivity contribution is 5.93. The molecule has 0 fully saturated rings. The summed E-state index contributed by atoms with van der Waals surface area (Å²) in [7, 11) is 1.82. The molecular formula is C22H22N4O. The molecule has 136 valence electrons. The van der Waals surface area contributed by atoms with E-state index >= 15 is 0 Å². The van der Waals surface area contributed by atoms with E-state index in [4.69, 9.17) is 4.98 Å². The Labute approximate surface area is 158 Å². The van der Waals surface area contributed by atoms with Crippen LogP contribution in [0.15, 0.2) is 54.6 Å². The zero-order valence-electron chi connectivity index (χ0n) is 15.8. The number of aromatic nitrogens is 3. The molecule has 0 aliphatic heterocycles. The molecule has 27 heavy (non-hydrogen) atoms. The van der Waals surface area contributed by atoms with Crippen LogP contribution in [0.3, 0.4) is 0 Å². The molecule has 4 rings (SSSR count). The lowest BCUT2D eigenvalue weighted by Gasteiger charge is -2.18. The summed E-state index contributed by atoms with van der Waals surface area (Å²) < 4.78 is 1.90. The lowest BCUT2D eigenvalue weighted by molar-refractivity contribution is -0.118. The van der Waals surface area contributed by atoms with Crippen molar-refractivity contribution in [2.24, 2.45) is 0 Å². The predicted octanol–water partition coefficient (Wildman–Crippen LogP) is 4.09. The molecule has 0 saturated heterocycles. The van der Waals surface area contributed by atoms with Crippen LogP contribution in [0.4, 0.5) is 5.69 Å². The number of hydrogen-bond acceptors (Lipinski definition) is 3. The molecule has 0 spiro atoms. The van der Waals surface area contributed by atoms with Crippen molar-refractivity contribution >= 4 is 28.1 Å². The number of fused-ring (bicyclic) bond motifs is 3. The minimum Gasteiger partial charge on any atom is -0.315 e. The SMILES string of the molecule is Cc1nc2c3ccccc3nn2c(C)c1CCC(=O)N(C)c1ccccc1. The number of carbonyl (C=O) groups is 1. The summed E-state index contributed by atoms with van der Waals surface area (Å²) in [6, 6.07) is 17.7. The first kappa shape index (κ1) is 17.2. The van der Waals surface area contributed by atoms with Gasteiger partial charge in [0, 0.05) is 35.9 Å². The fourth-order valence-electron chi connectivity index (χ4n) is 3.53. The summed E-state index contributed by atoms with van der Waals surface area (Å²) >= 11 is 0. The number of amides is 1. The number of nitrogens with zero attached hydrogens (tertiary/aromatic N) is 4. The van der Waals surface area contributed by atoms with E-state index in [1.54, 1.807) is 4.90 Å². The monoisotopic (exact) mass is 358 g/mol. The summed E-state index contributed by atoms with van der Waals surface area (Å²) in [5.74, 6) is 0.0886. The van der Waals surface area contributed by atoms with Crippen LogP contribution in [0.25, 0.3) is 16.6 Å². The molecule has 0 aliphatic carbocycles. The third kappa shape index (κ3) is 3.05. The molecule has 0 unspecified atom stereocenters. The summed E-state index contributed by atoms with van der Waals surface area (Å²) in [4.78, 5) is 19.1. The van der Waals surface area contributed by atoms with Gasteiger partial charge in [-0.25, -0.2) is 9.50 Å². The van der Waals surface area contributed by atoms with Gasteiger partial charge in [-0.05, 0) is 50.1 Å². The van der Waals surface area contributed by atoms with Crippen molar-refractivity contribution in [2.45, 2.75) is 26.7 Å². The lowest BCUT2D eigenvalue weighted by Crippen LogP contribution is -2.26. The van der Waals surface area contributed by atoms with Gasteiger partial charge in [0.05, 0.1) is 5.52 Å². The zero-order chi connectivity index (χ0) is 19.0. The Morgan fingerprint density at radius 2 is 1.74 bits per heavy atom. The molecule has 1 amide bonds. The fraction of sp³-hybridized carbons (Fsp3) is 0.227. The van der Waals surface area contributed by atoms with Gasteiger partial charge < -0.3 is 4.90 Å². The molecule has 4 aromatic rings. The normalized spacial score (nSPS) is 11.2. The minimum absolute atomic E-state index is 0.0886. The Morgan fingerprint density at radius 3 is 2.52 bits per heavy atom. The standard InChI is InChI=1S/C22H22N4O/c1-15-18(13-14-21(27)25(3)17-9-5-4-6-10-17)16(2)26-22(23-15)19-11-7-8-12-20(19)24-26/h4-12H,13-14H2,1-3H3. The number of rotatable bonds is 4. The molecule has 2 aromatic carbocycles. The van der Waals surface area contributed by atoms with E-state index in [-0.39, 0.29) is 5.91 Å². The number of anilines is 1. The van der Waals surface area contributed by atoms with Crippen LogP contribution in [0.2, 0.25) is 0 Å². The first-order valence-corrected chi connectivity index (χ1v) is 9.11. The molecule has 0 bridgehead atoms. The molecule has 0 atom stereocenters. The number of benzene rings is 2. The van der Waals surface area contributed by atoms with Crippen LogP contribution in [0.5, 0.6) is 0 Å². The van der Waals surface area contributed by atoms with Crippen LogP contribution >= 0.6 is 0 Å². The number of para-hydroxylation sites is 1. The van der Waals surface area contributed by atoms with Crippen molar-refractivity contribution in [3.05, 3.63) is 71.5 Å². The smallest absolute Gasteiger partial charge is 0.227 e. The molecule has 5 nitrogen and oxygen atoms in total. The average Bonchev–Trinajstić information content (AvgIpc) is 3.06. The van der Waals surface area contributed by atoms with Gasteiger partial charge >= 0.3 is 0 Å². The van der Waals surface area contributed by atoms with E-state index in [0.717, 1.165) is 39.2 Å². The fourth-order valence-corrected chi connectivity index (χ4v) is 3.53. The number of aryl methyl sites for hydroxylation is 2. The summed E-state index contributed by atoms with van der Waals surface area (Å²) in [6.45, 7) is 4.06. The van der Waals surface area contributed by atoms with Gasteiger partial charge in [-0.15, -0.1) is 0 Å². The molecule has 0 radical (unpaired) electrons. The average molecular weight is 358 g/mol. The molecule has 2 heterocycles. The third-order valence-electron chi connectivity index (χ3n) is 5.12. The molecule has 2 aromatic heterocycles. The van der Waals surface area contributed by atoms with Crippen molar-refractivity contribution in [3.63, 3.8) is 0 Å². The van der Waals surface area contributed by atoms with Crippen LogP contribution in [0.1, 0.15) is 23.4 Å². The van der Waals surface area contributed by atoms with Crippen LogP contribution in [-0.2, 0) is 11.2 Å². The molecule has 0 N–H and O–H groups in total. The van der Waals surface area contributed by atoms with Gasteiger partial charge in [-0.1, -0.05) is 30.3 Å². The van der Waals surface area contributed by atoms with E-state index in [0.29, 0.717) is 12.8 Å². The van der Waals surface area contributed by atoms with Crippen molar-refractivity contribution in [3.8, 4) is 0 Å². The Balaban J connectivity index is 1.62. The molecule has 5 heteroatoms. The van der Waals surface area contributed by atoms with Crippen molar-refractivity contribution in [1.82, 2.24) is 14.6 Å². The molecule has 0 saturated carbocycles. The highest BCUT2D eigenvalue weighted by Gasteiger charge is 2.16. The Kier molecular flexibility index (Phi) is 4.36. The van der Waals surface area contributed by atoms with E-state index in [1.165, 1.54) is 0 Å². The molecular weight excluding hydrogens is 336 g/mol. The second-order valence-corrected chi connectivity index (χ2v) is 6.80. The lowest BCUT2D eigenvalue weighted by atomic mass is 10.1. The summed E-state index contributed by atoms with van der Waals surface area (Å²) in [5, 5.41) is 5.74. The van der Waals surface area contributed by atoms with E-state index < -0.39 is 0 Å². The van der Waals surface area contributed by atoms with Crippen molar-refractivity contribution in [2.75, 3.05) is 11.9 Å². The summed E-state index contributed by atoms with van der Waals surface area (Å²) in [6.07, 6.45) is 1.08. The van der Waals surface area contributed by atoms with Gasteiger partial charge in [0.1, 0.15) is 0 Å². The summed E-state index contributed by atoms with van der Waals surface area (Å²) in [5.41, 5.74) is 5.80. The van der Waals surface area contributed by atoms with Crippen molar-refractivity contribution in [1.29, 1.82) is 0 Å². The largest absolute Gasteiger partial charge is 0.315 e. The Morgan fingerprint density at radius 1 is 1.04 bits per heavy atom. The third-order valence-corrected chi connectivity index (χ3v) is 5.12. The quantitative estimate of drug-likeness (QED) is 0.552. The Bertz CT molecular complexity index is 1130. The maximum Gasteiger partial charge on any atom is 0.227 e. The van der Waals surface area contributed by atoms with E-state index in [2.05, 4.69) is 5.10 Å². The second kappa shape index (κ2) is 6.83. The maximum atomic E-state index is 12.6. The highest BCUT2D eigenvalue weighted by atomic mass is 16.2. The van der Waals surface area contributed by atoms with Crippen LogP contribution in [0, 0.1) is 13.8 Å². The van der Waals surface area contributed by atoms with E-state index in [9.17, 15) is 4.79 Å². The number of carbonyl (C=O) groups excluding carboxylic acids is 1. The van der Waals surface area contributed by atoms with Gasteiger partial charge in [-0.3, -0.25) is 4.79 Å². The van der Waals surface area contributed by atoms with Gasteiger partial charge in [0.15, 0.2) is 5.65 Å². The minimum atomic E-state index is 0.0886. The topological polar surface area (TPSA) is 50.5 Å². The van der Waals surface area contributed by atoms with Gasteiger partial charge in [-0.2, -0.15) is 5.10 Å². The second-order valence-electron chi connectivity index (χ2n) is 6.80. The number of hydrogen-bond donors (Lipinski definition) is 0. The van der Waals surface area contributed by atoms with Crippen LogP contribution < -0.4 is 4.90 Å². The van der Waals surface area contributed by atoms with Crippen LogP contribution in [-0.4, -0.2) is 27.6 Å². The Hall–Kier alpha value is -3.21. The zero-order valence-corrected chi connectivity index (χ0v) is 15.8. The maximum absolute atomic E-state index is 12.6. The highest BCUT2D eigenvalue weighted by Crippen LogP contribution is 2.23. The predicted molar refractivity (Wildman–Crippen MR) is 108 cm³/mol. The van der Waals surface area contributed by atoms with Gasteiger partial charge in [0.25, 0.3) is 0 Å². The van der Waals surface area contributed by atoms with E-state index in [1.807, 2.05) is 80.0 Å². The van der Waals surface area contributed by atoms with Gasteiger partial charge in [0.2, 0.25) is 5.91 Å². The molecule has 0 aliphatic rings.